The van der Waals surface area contributed by atoms with E-state index in [9.17, 15) is 9.90 Å². The van der Waals surface area contributed by atoms with E-state index in [2.05, 4.69) is 5.32 Å². The molecule has 0 radical (unpaired) electrons. The number of carbonyl (C=O) groups excluding carboxylic acids is 1. The molecule has 0 aliphatic carbocycles. The summed E-state index contributed by atoms with van der Waals surface area (Å²) in [6, 6.07) is 14.0. The van der Waals surface area contributed by atoms with Crippen molar-refractivity contribution in [2.45, 2.75) is 25.9 Å². The van der Waals surface area contributed by atoms with E-state index >= 15 is 0 Å². The highest BCUT2D eigenvalue weighted by atomic mass is 35.5. The lowest BCUT2D eigenvalue weighted by Crippen LogP contribution is -2.27. The van der Waals surface area contributed by atoms with Crippen molar-refractivity contribution in [1.29, 1.82) is 0 Å². The normalized spacial score (nSPS) is 13.2. The van der Waals surface area contributed by atoms with E-state index in [1.165, 1.54) is 0 Å². The van der Waals surface area contributed by atoms with Crippen LogP contribution in [0.4, 0.5) is 4.79 Å². The number of nitrogens with one attached hydrogen (secondary N) is 1. The number of carbonyl (C=O) groups is 1. The second kappa shape index (κ2) is 7.49. The number of amides is 1. The van der Waals surface area contributed by atoms with E-state index in [-0.39, 0.29) is 0 Å². The van der Waals surface area contributed by atoms with Gasteiger partial charge in [-0.15, -0.1) is 0 Å². The van der Waals surface area contributed by atoms with Crippen molar-refractivity contribution in [1.82, 2.24) is 5.32 Å². The first-order chi connectivity index (χ1) is 11.0. The van der Waals surface area contributed by atoms with Crippen molar-refractivity contribution in [2.24, 2.45) is 0 Å². The molecule has 0 aliphatic rings. The summed E-state index contributed by atoms with van der Waals surface area (Å²) in [5.74, 6) is 0.421. The molecule has 2 aromatic rings. The molecular formula is C18H20ClNO3. The Morgan fingerprint density at radius 1 is 1.17 bits per heavy atom. The number of aliphatic hydroxyl groups is 1. The lowest BCUT2D eigenvalue weighted by molar-refractivity contribution is 0.0765. The zero-order chi connectivity index (χ0) is 16.9. The highest BCUT2D eigenvalue weighted by Crippen LogP contribution is 2.34. The molecule has 122 valence electrons. The van der Waals surface area contributed by atoms with Gasteiger partial charge < -0.3 is 15.2 Å². The lowest BCUT2D eigenvalue weighted by Gasteiger charge is -2.28. The van der Waals surface area contributed by atoms with Crippen LogP contribution in [0.25, 0.3) is 0 Å². The average molecular weight is 334 g/mol. The highest BCUT2D eigenvalue weighted by molar-refractivity contribution is 6.30. The summed E-state index contributed by atoms with van der Waals surface area (Å²) in [6.07, 6.45) is -0.00927. The van der Waals surface area contributed by atoms with Crippen LogP contribution < -0.4 is 10.1 Å². The monoisotopic (exact) mass is 333 g/mol. The predicted octanol–water partition coefficient (Wildman–Crippen LogP) is 4.09. The summed E-state index contributed by atoms with van der Waals surface area (Å²) in [5, 5.41) is 14.2. The fourth-order valence-corrected chi connectivity index (χ4v) is 2.60. The maximum atomic E-state index is 11.4. The van der Waals surface area contributed by atoms with Crippen LogP contribution in [0.15, 0.2) is 48.5 Å². The number of hydrogen-bond donors (Lipinski definition) is 2. The molecule has 23 heavy (non-hydrogen) atoms. The molecule has 2 N–H and O–H groups in total. The SMILES string of the molecule is CCNC(=O)Oc1ccc(C(O)(CC)c2cccc(Cl)c2)cc1. The maximum Gasteiger partial charge on any atom is 0.412 e. The standard InChI is InChI=1S/C18H20ClNO3/c1-3-18(22,14-6-5-7-15(19)12-14)13-8-10-16(11-9-13)23-17(21)20-4-2/h5-12,22H,3-4H2,1-2H3,(H,20,21). The number of benzene rings is 2. The van der Waals surface area contributed by atoms with Gasteiger partial charge in [0, 0.05) is 11.6 Å². The van der Waals surface area contributed by atoms with E-state index < -0.39 is 11.7 Å². The summed E-state index contributed by atoms with van der Waals surface area (Å²) in [6.45, 7) is 4.22. The van der Waals surface area contributed by atoms with Crippen molar-refractivity contribution in [3.05, 3.63) is 64.7 Å². The van der Waals surface area contributed by atoms with Crippen LogP contribution in [-0.4, -0.2) is 17.7 Å². The third-order valence-corrected chi connectivity index (χ3v) is 3.91. The second-order valence-electron chi connectivity index (χ2n) is 5.17. The Bertz CT molecular complexity index is 672. The van der Waals surface area contributed by atoms with Crippen LogP contribution in [0, 0.1) is 0 Å². The first kappa shape index (κ1) is 17.3. The molecule has 0 bridgehead atoms. The summed E-state index contributed by atoms with van der Waals surface area (Å²) in [4.78, 5) is 11.4. The molecular weight excluding hydrogens is 314 g/mol. The van der Waals surface area contributed by atoms with Crippen molar-refractivity contribution in [3.63, 3.8) is 0 Å². The molecule has 1 unspecified atom stereocenters. The fraction of sp³-hybridized carbons (Fsp3) is 0.278. The smallest absolute Gasteiger partial charge is 0.410 e. The van der Waals surface area contributed by atoms with Crippen LogP contribution in [0.1, 0.15) is 31.4 Å². The summed E-state index contributed by atoms with van der Waals surface area (Å²) < 4.78 is 5.13. The van der Waals surface area contributed by atoms with E-state index in [0.717, 1.165) is 5.56 Å². The quantitative estimate of drug-likeness (QED) is 0.866. The fourth-order valence-electron chi connectivity index (χ4n) is 2.41. The van der Waals surface area contributed by atoms with Gasteiger partial charge in [-0.05, 0) is 48.7 Å². The zero-order valence-electron chi connectivity index (χ0n) is 13.2. The van der Waals surface area contributed by atoms with Gasteiger partial charge in [0.25, 0.3) is 0 Å². The van der Waals surface area contributed by atoms with Gasteiger partial charge in [0.05, 0.1) is 0 Å². The van der Waals surface area contributed by atoms with Gasteiger partial charge in [-0.2, -0.15) is 0 Å². The number of hydrogen-bond acceptors (Lipinski definition) is 3. The van der Waals surface area contributed by atoms with Gasteiger partial charge in [-0.25, -0.2) is 4.79 Å². The second-order valence-corrected chi connectivity index (χ2v) is 5.60. The molecule has 0 aliphatic heterocycles. The van der Waals surface area contributed by atoms with Crippen LogP contribution >= 0.6 is 11.6 Å². The molecule has 0 saturated heterocycles. The lowest BCUT2D eigenvalue weighted by atomic mass is 9.84. The predicted molar refractivity (Wildman–Crippen MR) is 90.9 cm³/mol. The van der Waals surface area contributed by atoms with Crippen molar-refractivity contribution < 1.29 is 14.6 Å². The molecule has 2 rings (SSSR count). The van der Waals surface area contributed by atoms with Gasteiger partial charge in [0.1, 0.15) is 11.4 Å². The Morgan fingerprint density at radius 2 is 1.87 bits per heavy atom. The van der Waals surface area contributed by atoms with Gasteiger partial charge >= 0.3 is 6.09 Å². The largest absolute Gasteiger partial charge is 0.412 e. The van der Waals surface area contributed by atoms with Gasteiger partial charge in [0.2, 0.25) is 0 Å². The minimum Gasteiger partial charge on any atom is -0.410 e. The number of halogens is 1. The van der Waals surface area contributed by atoms with Gasteiger partial charge in [-0.1, -0.05) is 42.8 Å². The van der Waals surface area contributed by atoms with Crippen molar-refractivity contribution in [2.75, 3.05) is 6.54 Å². The van der Waals surface area contributed by atoms with Gasteiger partial charge in [0.15, 0.2) is 0 Å². The zero-order valence-corrected chi connectivity index (χ0v) is 13.9. The topological polar surface area (TPSA) is 58.6 Å². The minimum absolute atomic E-state index is 0.421. The van der Waals surface area contributed by atoms with Crippen molar-refractivity contribution >= 4 is 17.7 Å². The van der Waals surface area contributed by atoms with Crippen LogP contribution in [0.3, 0.4) is 0 Å². The van der Waals surface area contributed by atoms with E-state index in [1.54, 1.807) is 36.4 Å². The molecule has 1 atom stereocenters. The van der Waals surface area contributed by atoms with E-state index in [4.69, 9.17) is 16.3 Å². The minimum atomic E-state index is -1.14. The highest BCUT2D eigenvalue weighted by Gasteiger charge is 2.29. The Morgan fingerprint density at radius 3 is 2.43 bits per heavy atom. The Labute approximate surface area is 141 Å². The molecule has 0 fully saturated rings. The number of ether oxygens (including phenoxy) is 1. The average Bonchev–Trinajstić information content (AvgIpc) is 2.55. The first-order valence-electron chi connectivity index (χ1n) is 7.54. The van der Waals surface area contributed by atoms with Gasteiger partial charge in [-0.3, -0.25) is 0 Å². The van der Waals surface area contributed by atoms with Crippen LogP contribution in [0.2, 0.25) is 5.02 Å². The molecule has 0 aromatic heterocycles. The molecule has 5 heteroatoms. The van der Waals surface area contributed by atoms with Crippen LogP contribution in [-0.2, 0) is 5.60 Å². The summed E-state index contributed by atoms with van der Waals surface area (Å²) >= 11 is 6.03. The number of rotatable bonds is 5. The molecule has 4 nitrogen and oxygen atoms in total. The Balaban J connectivity index is 2.26. The van der Waals surface area contributed by atoms with Crippen molar-refractivity contribution in [3.8, 4) is 5.75 Å². The third kappa shape index (κ3) is 4.03. The Hall–Kier alpha value is -2.04. The molecule has 0 spiro atoms. The molecule has 1 amide bonds. The third-order valence-electron chi connectivity index (χ3n) is 3.68. The molecule has 0 saturated carbocycles. The maximum absolute atomic E-state index is 11.4. The summed E-state index contributed by atoms with van der Waals surface area (Å²) in [5.41, 5.74) is 0.296. The Kier molecular flexibility index (Phi) is 5.64. The summed E-state index contributed by atoms with van der Waals surface area (Å²) in [7, 11) is 0. The van der Waals surface area contributed by atoms with Crippen LogP contribution in [0.5, 0.6) is 5.75 Å². The van der Waals surface area contributed by atoms with E-state index in [1.807, 2.05) is 26.0 Å². The molecule has 2 aromatic carbocycles. The molecule has 0 heterocycles. The van der Waals surface area contributed by atoms with E-state index in [0.29, 0.717) is 29.3 Å². The first-order valence-corrected chi connectivity index (χ1v) is 7.92.